The van der Waals surface area contributed by atoms with E-state index in [2.05, 4.69) is 28.2 Å². The second-order valence-electron chi connectivity index (χ2n) is 4.33. The van der Waals surface area contributed by atoms with Crippen LogP contribution in [-0.4, -0.2) is 11.4 Å². The third kappa shape index (κ3) is 2.25. The maximum absolute atomic E-state index is 11.9. The van der Waals surface area contributed by atoms with Gasteiger partial charge in [-0.3, -0.25) is 4.79 Å². The Morgan fingerprint density at radius 3 is 2.73 bits per heavy atom. The molecule has 0 saturated heterocycles. The quantitative estimate of drug-likeness (QED) is 0.898. The Labute approximate surface area is 97.4 Å². The third-order valence-electron chi connectivity index (χ3n) is 2.99. The van der Waals surface area contributed by atoms with Gasteiger partial charge in [0.15, 0.2) is 4.67 Å². The molecule has 1 amide bonds. The second kappa shape index (κ2) is 4.00. The van der Waals surface area contributed by atoms with Gasteiger partial charge in [-0.1, -0.05) is 12.8 Å². The molecule has 0 radical (unpaired) electrons. The first-order chi connectivity index (χ1) is 7.11. The van der Waals surface area contributed by atoms with E-state index in [0.29, 0.717) is 10.2 Å². The topological polar surface area (TPSA) is 42.2 Å². The Hall–Kier alpha value is -0.770. The van der Waals surface area contributed by atoms with Crippen LogP contribution in [0.2, 0.25) is 0 Å². The zero-order valence-corrected chi connectivity index (χ0v) is 10.3. The van der Waals surface area contributed by atoms with E-state index in [9.17, 15) is 4.79 Å². The van der Waals surface area contributed by atoms with Gasteiger partial charge < -0.3 is 9.73 Å². The highest BCUT2D eigenvalue weighted by Crippen LogP contribution is 2.29. The first kappa shape index (κ1) is 10.7. The van der Waals surface area contributed by atoms with Crippen LogP contribution in [-0.2, 0) is 0 Å². The Kier molecular flexibility index (Phi) is 2.87. The number of carbonyl (C=O) groups excluding carboxylic acids is 1. The molecule has 0 aliphatic heterocycles. The van der Waals surface area contributed by atoms with Gasteiger partial charge >= 0.3 is 0 Å². The fraction of sp³-hybridized carbons (Fsp3) is 0.545. The van der Waals surface area contributed by atoms with Crippen molar-refractivity contribution in [2.45, 2.75) is 38.1 Å². The summed E-state index contributed by atoms with van der Waals surface area (Å²) in [6.07, 6.45) is 6.03. The summed E-state index contributed by atoms with van der Waals surface area (Å²) in [4.78, 5) is 11.9. The highest BCUT2D eigenvalue weighted by Gasteiger charge is 2.31. The van der Waals surface area contributed by atoms with E-state index in [0.717, 1.165) is 12.8 Å². The summed E-state index contributed by atoms with van der Waals surface area (Å²) in [6, 6.07) is 1.68. The third-order valence-corrected chi connectivity index (χ3v) is 3.60. The van der Waals surface area contributed by atoms with E-state index in [4.69, 9.17) is 4.42 Å². The zero-order chi connectivity index (χ0) is 10.9. The summed E-state index contributed by atoms with van der Waals surface area (Å²) >= 11 is 3.21. The van der Waals surface area contributed by atoms with Crippen molar-refractivity contribution in [1.29, 1.82) is 0 Å². The van der Waals surface area contributed by atoms with Gasteiger partial charge in [0.1, 0.15) is 0 Å². The average Bonchev–Trinajstić information content (AvgIpc) is 2.74. The first-order valence-corrected chi connectivity index (χ1v) is 5.96. The van der Waals surface area contributed by atoms with Crippen LogP contribution in [0.3, 0.4) is 0 Å². The second-order valence-corrected chi connectivity index (χ2v) is 5.05. The number of furan rings is 1. The summed E-state index contributed by atoms with van der Waals surface area (Å²) in [5.74, 6) is -0.0555. The maximum Gasteiger partial charge on any atom is 0.256 e. The average molecular weight is 272 g/mol. The highest BCUT2D eigenvalue weighted by molar-refractivity contribution is 9.10. The van der Waals surface area contributed by atoms with Gasteiger partial charge in [-0.2, -0.15) is 0 Å². The van der Waals surface area contributed by atoms with Crippen LogP contribution in [0.15, 0.2) is 21.4 Å². The standard InChI is InChI=1S/C11H14BrNO2/c1-11(5-2-3-6-11)13-10(14)8-4-7-15-9(8)12/h4,7H,2-3,5-6H2,1H3,(H,13,14). The lowest BCUT2D eigenvalue weighted by molar-refractivity contribution is 0.0906. The largest absolute Gasteiger partial charge is 0.457 e. The Morgan fingerprint density at radius 1 is 1.53 bits per heavy atom. The zero-order valence-electron chi connectivity index (χ0n) is 8.68. The number of hydrogen-bond acceptors (Lipinski definition) is 2. The van der Waals surface area contributed by atoms with E-state index < -0.39 is 0 Å². The van der Waals surface area contributed by atoms with Crippen molar-refractivity contribution in [2.24, 2.45) is 0 Å². The summed E-state index contributed by atoms with van der Waals surface area (Å²) in [5, 5.41) is 3.07. The molecule has 1 heterocycles. The minimum Gasteiger partial charge on any atom is -0.457 e. The summed E-state index contributed by atoms with van der Waals surface area (Å²) in [7, 11) is 0. The normalized spacial score (nSPS) is 19.1. The Morgan fingerprint density at radius 2 is 2.20 bits per heavy atom. The van der Waals surface area contributed by atoms with Crippen LogP contribution in [0.5, 0.6) is 0 Å². The van der Waals surface area contributed by atoms with Gasteiger partial charge in [-0.15, -0.1) is 0 Å². The fourth-order valence-electron chi connectivity index (χ4n) is 2.08. The van der Waals surface area contributed by atoms with Crippen LogP contribution >= 0.6 is 15.9 Å². The van der Waals surface area contributed by atoms with Crippen molar-refractivity contribution in [3.8, 4) is 0 Å². The maximum atomic E-state index is 11.9. The molecule has 1 aliphatic carbocycles. The molecule has 3 nitrogen and oxygen atoms in total. The van der Waals surface area contributed by atoms with Crippen molar-refractivity contribution in [2.75, 3.05) is 0 Å². The lowest BCUT2D eigenvalue weighted by atomic mass is 10.0. The molecule has 0 bridgehead atoms. The predicted molar refractivity (Wildman–Crippen MR) is 60.7 cm³/mol. The van der Waals surface area contributed by atoms with E-state index in [1.165, 1.54) is 19.1 Å². The monoisotopic (exact) mass is 271 g/mol. The molecular weight excluding hydrogens is 258 g/mol. The molecule has 1 N–H and O–H groups in total. The van der Waals surface area contributed by atoms with Gasteiger partial charge in [0.05, 0.1) is 11.8 Å². The van der Waals surface area contributed by atoms with E-state index >= 15 is 0 Å². The molecule has 0 atom stereocenters. The number of halogens is 1. The number of carbonyl (C=O) groups is 1. The molecule has 1 fully saturated rings. The molecule has 4 heteroatoms. The molecule has 82 valence electrons. The number of amides is 1. The SMILES string of the molecule is CC1(NC(=O)c2ccoc2Br)CCCC1. The molecule has 0 spiro atoms. The van der Waals surface area contributed by atoms with Gasteiger partial charge in [0, 0.05) is 5.54 Å². The van der Waals surface area contributed by atoms with Gasteiger partial charge in [0.25, 0.3) is 5.91 Å². The van der Waals surface area contributed by atoms with Crippen LogP contribution in [0.25, 0.3) is 0 Å². The molecular formula is C11H14BrNO2. The Bertz CT molecular complexity index is 366. The molecule has 0 unspecified atom stereocenters. The lowest BCUT2D eigenvalue weighted by Crippen LogP contribution is -2.43. The number of nitrogens with one attached hydrogen (secondary N) is 1. The smallest absolute Gasteiger partial charge is 0.256 e. The van der Waals surface area contributed by atoms with Gasteiger partial charge in [-0.05, 0) is 41.8 Å². The summed E-state index contributed by atoms with van der Waals surface area (Å²) in [5.41, 5.74) is 0.538. The van der Waals surface area contributed by atoms with E-state index in [1.54, 1.807) is 6.07 Å². The van der Waals surface area contributed by atoms with Crippen molar-refractivity contribution >= 4 is 21.8 Å². The minimum atomic E-state index is -0.0555. The van der Waals surface area contributed by atoms with Crippen LogP contribution in [0.4, 0.5) is 0 Å². The molecule has 1 aliphatic rings. The number of rotatable bonds is 2. The number of hydrogen-bond donors (Lipinski definition) is 1. The molecule has 1 aromatic heterocycles. The van der Waals surface area contributed by atoms with Crippen LogP contribution < -0.4 is 5.32 Å². The van der Waals surface area contributed by atoms with Crippen LogP contribution in [0, 0.1) is 0 Å². The molecule has 15 heavy (non-hydrogen) atoms. The highest BCUT2D eigenvalue weighted by atomic mass is 79.9. The molecule has 1 aromatic rings. The Balaban J connectivity index is 2.07. The molecule has 1 saturated carbocycles. The minimum absolute atomic E-state index is 0.0339. The summed E-state index contributed by atoms with van der Waals surface area (Å²) < 4.78 is 5.54. The predicted octanol–water partition coefficient (Wildman–Crippen LogP) is 3.10. The van der Waals surface area contributed by atoms with E-state index in [-0.39, 0.29) is 11.4 Å². The first-order valence-electron chi connectivity index (χ1n) is 5.16. The summed E-state index contributed by atoms with van der Waals surface area (Å²) in [6.45, 7) is 2.10. The molecule has 2 rings (SSSR count). The van der Waals surface area contributed by atoms with Crippen molar-refractivity contribution < 1.29 is 9.21 Å². The van der Waals surface area contributed by atoms with Gasteiger partial charge in [0.2, 0.25) is 0 Å². The fourth-order valence-corrected chi connectivity index (χ4v) is 2.50. The molecule has 0 aromatic carbocycles. The van der Waals surface area contributed by atoms with Crippen molar-refractivity contribution in [3.05, 3.63) is 22.6 Å². The van der Waals surface area contributed by atoms with Crippen molar-refractivity contribution in [1.82, 2.24) is 5.32 Å². The van der Waals surface area contributed by atoms with Crippen LogP contribution in [0.1, 0.15) is 43.0 Å². The van der Waals surface area contributed by atoms with E-state index in [1.807, 2.05) is 0 Å². The van der Waals surface area contributed by atoms with Gasteiger partial charge in [-0.25, -0.2) is 0 Å². The van der Waals surface area contributed by atoms with Crippen molar-refractivity contribution in [3.63, 3.8) is 0 Å². The lowest BCUT2D eigenvalue weighted by Gasteiger charge is -2.24.